The Morgan fingerprint density at radius 1 is 1.40 bits per heavy atom. The van der Waals surface area contributed by atoms with Gasteiger partial charge in [-0.3, -0.25) is 4.79 Å². The molecule has 2 atom stereocenters. The monoisotopic (exact) mass is 210 g/mol. The molecule has 2 aliphatic rings. The first kappa shape index (κ1) is 10.9. The Hall–Kier alpha value is -0.570. The number of rotatable bonds is 3. The first-order valence-electron chi connectivity index (χ1n) is 6.20. The molecular formula is C12H22N2O. The number of nitrogens with two attached hydrogens (primary N) is 1. The lowest BCUT2D eigenvalue weighted by Crippen LogP contribution is -2.44. The molecule has 1 amide bonds. The Labute approximate surface area is 91.8 Å². The molecule has 0 saturated heterocycles. The predicted octanol–water partition coefficient (Wildman–Crippen LogP) is 1.28. The molecule has 0 aliphatic heterocycles. The molecule has 3 N–H and O–H groups in total. The highest BCUT2D eigenvalue weighted by Crippen LogP contribution is 2.31. The Morgan fingerprint density at radius 3 is 2.67 bits per heavy atom. The van der Waals surface area contributed by atoms with Gasteiger partial charge < -0.3 is 11.1 Å². The molecule has 0 radical (unpaired) electrons. The fraction of sp³-hybridized carbons (Fsp3) is 0.917. The van der Waals surface area contributed by atoms with Crippen LogP contribution in [0.3, 0.4) is 0 Å². The molecule has 0 aromatic heterocycles. The maximum Gasteiger partial charge on any atom is 0.223 e. The van der Waals surface area contributed by atoms with E-state index in [1.165, 1.54) is 12.8 Å². The summed E-state index contributed by atoms with van der Waals surface area (Å²) < 4.78 is 0. The molecule has 0 aromatic rings. The van der Waals surface area contributed by atoms with E-state index in [1.807, 2.05) is 0 Å². The fourth-order valence-corrected chi connectivity index (χ4v) is 2.86. The van der Waals surface area contributed by atoms with Gasteiger partial charge in [-0.25, -0.2) is 0 Å². The van der Waals surface area contributed by atoms with Crippen molar-refractivity contribution >= 4 is 5.91 Å². The summed E-state index contributed by atoms with van der Waals surface area (Å²) in [5, 5.41) is 3.08. The highest BCUT2D eigenvalue weighted by atomic mass is 16.1. The SMILES string of the molecule is CC1CCCC1C(=O)NCC1CC(N)C1. The normalized spacial score (nSPS) is 39.9. The molecule has 2 rings (SSSR count). The first-order valence-corrected chi connectivity index (χ1v) is 6.20. The van der Waals surface area contributed by atoms with Gasteiger partial charge >= 0.3 is 0 Å². The second kappa shape index (κ2) is 4.52. The molecule has 0 spiro atoms. The summed E-state index contributed by atoms with van der Waals surface area (Å²) in [6.45, 7) is 3.03. The summed E-state index contributed by atoms with van der Waals surface area (Å²) in [7, 11) is 0. The van der Waals surface area contributed by atoms with Crippen LogP contribution in [0.4, 0.5) is 0 Å². The average molecular weight is 210 g/mol. The minimum Gasteiger partial charge on any atom is -0.356 e. The van der Waals surface area contributed by atoms with Crippen molar-refractivity contribution in [3.05, 3.63) is 0 Å². The molecule has 0 heterocycles. The van der Waals surface area contributed by atoms with Crippen molar-refractivity contribution in [3.8, 4) is 0 Å². The number of carbonyl (C=O) groups is 1. The number of carbonyl (C=O) groups excluding carboxylic acids is 1. The number of nitrogens with one attached hydrogen (secondary N) is 1. The van der Waals surface area contributed by atoms with Crippen LogP contribution in [0.1, 0.15) is 39.0 Å². The molecule has 2 aliphatic carbocycles. The van der Waals surface area contributed by atoms with Gasteiger partial charge in [0, 0.05) is 18.5 Å². The average Bonchev–Trinajstić information content (AvgIpc) is 2.57. The van der Waals surface area contributed by atoms with Gasteiger partial charge in [0.1, 0.15) is 0 Å². The lowest BCUT2D eigenvalue weighted by molar-refractivity contribution is -0.126. The summed E-state index contributed by atoms with van der Waals surface area (Å²) in [5.74, 6) is 1.77. The van der Waals surface area contributed by atoms with Crippen molar-refractivity contribution < 1.29 is 4.79 Å². The maximum atomic E-state index is 11.8. The molecule has 0 bridgehead atoms. The van der Waals surface area contributed by atoms with E-state index < -0.39 is 0 Å². The fourth-order valence-electron chi connectivity index (χ4n) is 2.86. The molecule has 86 valence electrons. The van der Waals surface area contributed by atoms with Crippen molar-refractivity contribution in [2.45, 2.75) is 45.1 Å². The third-order valence-electron chi connectivity index (χ3n) is 4.04. The van der Waals surface area contributed by atoms with E-state index in [2.05, 4.69) is 12.2 Å². The quantitative estimate of drug-likeness (QED) is 0.737. The second-order valence-corrected chi connectivity index (χ2v) is 5.36. The molecular weight excluding hydrogens is 188 g/mol. The maximum absolute atomic E-state index is 11.8. The van der Waals surface area contributed by atoms with E-state index in [-0.39, 0.29) is 11.8 Å². The van der Waals surface area contributed by atoms with Crippen molar-refractivity contribution in [2.75, 3.05) is 6.54 Å². The van der Waals surface area contributed by atoms with Crippen LogP contribution in [0.15, 0.2) is 0 Å². The van der Waals surface area contributed by atoms with Crippen LogP contribution < -0.4 is 11.1 Å². The topological polar surface area (TPSA) is 55.1 Å². The van der Waals surface area contributed by atoms with Gasteiger partial charge in [0.2, 0.25) is 5.91 Å². The Balaban J connectivity index is 1.68. The third-order valence-corrected chi connectivity index (χ3v) is 4.04. The largest absolute Gasteiger partial charge is 0.356 e. The van der Waals surface area contributed by atoms with Crippen molar-refractivity contribution in [1.29, 1.82) is 0 Å². The van der Waals surface area contributed by atoms with Gasteiger partial charge in [0.15, 0.2) is 0 Å². The zero-order valence-corrected chi connectivity index (χ0v) is 9.54. The van der Waals surface area contributed by atoms with Crippen LogP contribution in [-0.2, 0) is 4.79 Å². The van der Waals surface area contributed by atoms with Crippen LogP contribution in [0, 0.1) is 17.8 Å². The summed E-state index contributed by atoms with van der Waals surface area (Å²) in [6, 6.07) is 0.386. The van der Waals surface area contributed by atoms with E-state index in [0.29, 0.717) is 17.9 Å². The van der Waals surface area contributed by atoms with Gasteiger partial charge in [-0.05, 0) is 37.5 Å². The molecule has 3 nitrogen and oxygen atoms in total. The van der Waals surface area contributed by atoms with Crippen LogP contribution >= 0.6 is 0 Å². The highest BCUT2D eigenvalue weighted by Gasteiger charge is 2.31. The van der Waals surface area contributed by atoms with Crippen molar-refractivity contribution in [2.24, 2.45) is 23.5 Å². The minimum absolute atomic E-state index is 0.277. The van der Waals surface area contributed by atoms with Gasteiger partial charge in [0.05, 0.1) is 0 Å². The molecule has 2 saturated carbocycles. The van der Waals surface area contributed by atoms with Crippen LogP contribution in [0.5, 0.6) is 0 Å². The number of amides is 1. The van der Waals surface area contributed by atoms with Crippen LogP contribution in [-0.4, -0.2) is 18.5 Å². The van der Waals surface area contributed by atoms with Gasteiger partial charge in [0.25, 0.3) is 0 Å². The Bertz CT molecular complexity index is 236. The lowest BCUT2D eigenvalue weighted by atomic mass is 9.81. The molecule has 3 heteroatoms. The van der Waals surface area contributed by atoms with Crippen molar-refractivity contribution in [3.63, 3.8) is 0 Å². The van der Waals surface area contributed by atoms with Crippen molar-refractivity contribution in [1.82, 2.24) is 5.32 Å². The Morgan fingerprint density at radius 2 is 2.13 bits per heavy atom. The number of hydrogen-bond donors (Lipinski definition) is 2. The van der Waals surface area contributed by atoms with E-state index in [9.17, 15) is 4.79 Å². The van der Waals surface area contributed by atoms with E-state index in [0.717, 1.165) is 25.8 Å². The standard InChI is InChI=1S/C12H22N2O/c1-8-3-2-4-11(8)12(15)14-7-9-5-10(13)6-9/h8-11H,2-7,13H2,1H3,(H,14,15). The lowest BCUT2D eigenvalue weighted by Gasteiger charge is -2.32. The molecule has 15 heavy (non-hydrogen) atoms. The third kappa shape index (κ3) is 2.51. The predicted molar refractivity (Wildman–Crippen MR) is 60.2 cm³/mol. The van der Waals surface area contributed by atoms with Crippen LogP contribution in [0.2, 0.25) is 0 Å². The van der Waals surface area contributed by atoms with Crippen LogP contribution in [0.25, 0.3) is 0 Å². The number of hydrogen-bond acceptors (Lipinski definition) is 2. The molecule has 2 unspecified atom stereocenters. The van der Waals surface area contributed by atoms with Gasteiger partial charge in [-0.2, -0.15) is 0 Å². The zero-order valence-electron chi connectivity index (χ0n) is 9.54. The highest BCUT2D eigenvalue weighted by molar-refractivity contribution is 5.79. The van der Waals surface area contributed by atoms with Gasteiger partial charge in [-0.1, -0.05) is 13.3 Å². The molecule has 2 fully saturated rings. The Kier molecular flexibility index (Phi) is 3.29. The van der Waals surface area contributed by atoms with E-state index >= 15 is 0 Å². The smallest absolute Gasteiger partial charge is 0.223 e. The summed E-state index contributed by atoms with van der Waals surface area (Å²) in [5.41, 5.74) is 5.71. The zero-order chi connectivity index (χ0) is 10.8. The van der Waals surface area contributed by atoms with Gasteiger partial charge in [-0.15, -0.1) is 0 Å². The first-order chi connectivity index (χ1) is 7.16. The summed E-state index contributed by atoms with van der Waals surface area (Å²) in [4.78, 5) is 11.8. The van der Waals surface area contributed by atoms with E-state index in [1.54, 1.807) is 0 Å². The van der Waals surface area contributed by atoms with E-state index in [4.69, 9.17) is 5.73 Å². The summed E-state index contributed by atoms with van der Waals surface area (Å²) in [6.07, 6.45) is 5.68. The summed E-state index contributed by atoms with van der Waals surface area (Å²) >= 11 is 0. The molecule has 0 aromatic carbocycles. The second-order valence-electron chi connectivity index (χ2n) is 5.36. The minimum atomic E-state index is 0.277.